The van der Waals surface area contributed by atoms with E-state index in [4.69, 9.17) is 4.52 Å². The summed E-state index contributed by atoms with van der Waals surface area (Å²) < 4.78 is 5.51. The van der Waals surface area contributed by atoms with E-state index in [9.17, 15) is 4.79 Å². The highest BCUT2D eigenvalue weighted by molar-refractivity contribution is 7.98. The van der Waals surface area contributed by atoms with E-state index in [1.165, 1.54) is 11.1 Å². The molecule has 4 rings (SSSR count). The largest absolute Gasteiger partial charge is 0.356 e. The van der Waals surface area contributed by atoms with E-state index in [2.05, 4.69) is 51.5 Å². The molecule has 0 aliphatic carbocycles. The highest BCUT2D eigenvalue weighted by Gasteiger charge is 2.26. The quantitative estimate of drug-likeness (QED) is 0.413. The van der Waals surface area contributed by atoms with Crippen molar-refractivity contribution in [1.82, 2.24) is 20.4 Å². The number of carbonyl (C=O) groups is 1. The van der Waals surface area contributed by atoms with Crippen LogP contribution in [0.25, 0.3) is 11.4 Å². The molecule has 6 nitrogen and oxygen atoms in total. The van der Waals surface area contributed by atoms with Crippen LogP contribution < -0.4 is 5.32 Å². The first-order valence-electron chi connectivity index (χ1n) is 12.1. The van der Waals surface area contributed by atoms with Gasteiger partial charge in [-0.1, -0.05) is 53.7 Å². The number of rotatable bonds is 10. The zero-order valence-corrected chi connectivity index (χ0v) is 20.9. The summed E-state index contributed by atoms with van der Waals surface area (Å²) in [5.41, 5.74) is 4.85. The van der Waals surface area contributed by atoms with Crippen molar-refractivity contribution in [2.75, 3.05) is 25.4 Å². The molecule has 1 aliphatic heterocycles. The molecule has 1 aliphatic rings. The molecule has 0 radical (unpaired) electrons. The Hall–Kier alpha value is -2.64. The van der Waals surface area contributed by atoms with Crippen LogP contribution >= 0.6 is 11.8 Å². The molecule has 180 valence electrons. The fourth-order valence-electron chi connectivity index (χ4n) is 4.34. The normalized spacial score (nSPS) is 16.5. The van der Waals surface area contributed by atoms with Crippen LogP contribution in [0.15, 0.2) is 53.1 Å². The van der Waals surface area contributed by atoms with Crippen LogP contribution in [0.3, 0.4) is 0 Å². The number of aromatic nitrogens is 2. The zero-order valence-electron chi connectivity index (χ0n) is 20.1. The Morgan fingerprint density at radius 1 is 1.15 bits per heavy atom. The van der Waals surface area contributed by atoms with Crippen LogP contribution in [0.2, 0.25) is 0 Å². The molecular weight excluding hydrogens is 444 g/mol. The second-order valence-corrected chi connectivity index (χ2v) is 10.1. The summed E-state index contributed by atoms with van der Waals surface area (Å²) in [6.45, 7) is 7.20. The Morgan fingerprint density at radius 3 is 2.76 bits per heavy atom. The number of nitrogens with one attached hydrogen (secondary N) is 1. The molecule has 1 unspecified atom stereocenters. The van der Waals surface area contributed by atoms with Crippen molar-refractivity contribution in [2.45, 2.75) is 45.4 Å². The van der Waals surface area contributed by atoms with Gasteiger partial charge in [-0.05, 0) is 62.1 Å². The number of nitrogens with zero attached hydrogens (tertiary/aromatic N) is 3. The minimum Gasteiger partial charge on any atom is -0.356 e. The van der Waals surface area contributed by atoms with Gasteiger partial charge in [0.05, 0.1) is 12.5 Å². The summed E-state index contributed by atoms with van der Waals surface area (Å²) >= 11 is 1.93. The molecule has 7 heteroatoms. The Labute approximate surface area is 206 Å². The van der Waals surface area contributed by atoms with Crippen LogP contribution in [-0.4, -0.2) is 46.3 Å². The van der Waals surface area contributed by atoms with Crippen molar-refractivity contribution in [3.05, 3.63) is 71.1 Å². The van der Waals surface area contributed by atoms with E-state index in [1.54, 1.807) is 0 Å². The number of amides is 1. The number of benzene rings is 2. The van der Waals surface area contributed by atoms with Crippen LogP contribution in [0.1, 0.15) is 41.8 Å². The van der Waals surface area contributed by atoms with Gasteiger partial charge in [0.1, 0.15) is 0 Å². The topological polar surface area (TPSA) is 71.3 Å². The Morgan fingerprint density at radius 2 is 1.94 bits per heavy atom. The number of hydrogen-bond donors (Lipinski definition) is 1. The third kappa shape index (κ3) is 6.70. The van der Waals surface area contributed by atoms with E-state index in [-0.39, 0.29) is 11.8 Å². The smallest absolute Gasteiger partial charge is 0.241 e. The first-order chi connectivity index (χ1) is 16.6. The predicted molar refractivity (Wildman–Crippen MR) is 137 cm³/mol. The van der Waals surface area contributed by atoms with Crippen molar-refractivity contribution in [3.63, 3.8) is 0 Å². The number of thioether (sulfide) groups is 1. The fraction of sp³-hybridized carbons (Fsp3) is 0.444. The number of carbonyl (C=O) groups excluding carboxylic acids is 1. The van der Waals surface area contributed by atoms with Gasteiger partial charge in [-0.25, -0.2) is 0 Å². The lowest BCUT2D eigenvalue weighted by Crippen LogP contribution is -2.43. The van der Waals surface area contributed by atoms with Crippen LogP contribution in [0.5, 0.6) is 0 Å². The average molecular weight is 479 g/mol. The lowest BCUT2D eigenvalue weighted by Gasteiger charge is -2.30. The van der Waals surface area contributed by atoms with Gasteiger partial charge < -0.3 is 9.84 Å². The molecule has 0 bridgehead atoms. The molecule has 1 saturated heterocycles. The molecule has 3 aromatic rings. The average Bonchev–Trinajstić information content (AvgIpc) is 3.30. The second-order valence-electron chi connectivity index (χ2n) is 9.02. The number of piperidine rings is 1. The second kappa shape index (κ2) is 12.2. The molecule has 2 aromatic carbocycles. The molecule has 1 amide bonds. The minimum absolute atomic E-state index is 0.0205. The van der Waals surface area contributed by atoms with Gasteiger partial charge in [-0.15, -0.1) is 0 Å². The van der Waals surface area contributed by atoms with Crippen LogP contribution in [0.4, 0.5) is 0 Å². The predicted octanol–water partition coefficient (Wildman–Crippen LogP) is 5.01. The maximum Gasteiger partial charge on any atom is 0.241 e. The molecule has 34 heavy (non-hydrogen) atoms. The molecule has 1 atom stereocenters. The highest BCUT2D eigenvalue weighted by Crippen LogP contribution is 2.22. The summed E-state index contributed by atoms with van der Waals surface area (Å²) in [4.78, 5) is 19.6. The van der Waals surface area contributed by atoms with E-state index < -0.39 is 0 Å². The van der Waals surface area contributed by atoms with E-state index >= 15 is 0 Å². The van der Waals surface area contributed by atoms with Crippen molar-refractivity contribution in [3.8, 4) is 11.4 Å². The third-order valence-electron chi connectivity index (χ3n) is 6.37. The van der Waals surface area contributed by atoms with Gasteiger partial charge in [0.2, 0.25) is 17.6 Å². The number of hydrogen-bond acceptors (Lipinski definition) is 6. The lowest BCUT2D eigenvalue weighted by atomic mass is 9.97. The minimum atomic E-state index is 0.0205. The Bertz CT molecular complexity index is 1080. The number of aryl methyl sites for hydroxylation is 2. The summed E-state index contributed by atoms with van der Waals surface area (Å²) in [6, 6.07) is 16.6. The van der Waals surface area contributed by atoms with Gasteiger partial charge >= 0.3 is 0 Å². The van der Waals surface area contributed by atoms with Gasteiger partial charge in [-0.2, -0.15) is 16.7 Å². The maximum absolute atomic E-state index is 12.7. The lowest BCUT2D eigenvalue weighted by molar-refractivity contribution is -0.126. The van der Waals surface area contributed by atoms with E-state index in [1.807, 2.05) is 43.0 Å². The molecule has 1 aromatic heterocycles. The summed E-state index contributed by atoms with van der Waals surface area (Å²) in [5, 5.41) is 7.31. The van der Waals surface area contributed by atoms with Crippen molar-refractivity contribution in [1.29, 1.82) is 0 Å². The van der Waals surface area contributed by atoms with Crippen LogP contribution in [0, 0.1) is 19.8 Å². The van der Waals surface area contributed by atoms with Crippen molar-refractivity contribution >= 4 is 17.7 Å². The fourth-order valence-corrected chi connectivity index (χ4v) is 5.38. The molecule has 0 saturated carbocycles. The van der Waals surface area contributed by atoms with Crippen molar-refractivity contribution in [2.24, 2.45) is 5.92 Å². The monoisotopic (exact) mass is 478 g/mol. The highest BCUT2D eigenvalue weighted by atomic mass is 32.2. The van der Waals surface area contributed by atoms with Gasteiger partial charge in [0.25, 0.3) is 0 Å². The van der Waals surface area contributed by atoms with Gasteiger partial charge in [0, 0.05) is 24.4 Å². The molecule has 1 fully saturated rings. The summed E-state index contributed by atoms with van der Waals surface area (Å²) in [7, 11) is 0. The molecule has 2 heterocycles. The molecular formula is C27H34N4O2S. The number of likely N-dealkylation sites (tertiary alicyclic amines) is 1. The first kappa shape index (κ1) is 24.5. The van der Waals surface area contributed by atoms with Crippen molar-refractivity contribution < 1.29 is 9.32 Å². The molecule has 1 N–H and O–H groups in total. The summed E-state index contributed by atoms with van der Waals surface area (Å²) in [5.74, 6) is 3.49. The Balaban J connectivity index is 1.17. The zero-order chi connectivity index (χ0) is 23.8. The SMILES string of the molecule is Cc1ccccc1CSCCCNC(=O)C1CCCN(Cc2nc(-c3ccccc3C)no2)C1. The molecule has 0 spiro atoms. The van der Waals surface area contributed by atoms with Gasteiger partial charge in [-0.3, -0.25) is 9.69 Å². The Kier molecular flexibility index (Phi) is 8.77. The first-order valence-corrected chi connectivity index (χ1v) is 13.3. The van der Waals surface area contributed by atoms with E-state index in [0.717, 1.165) is 61.5 Å². The summed E-state index contributed by atoms with van der Waals surface area (Å²) in [6.07, 6.45) is 2.92. The van der Waals surface area contributed by atoms with Gasteiger partial charge in [0.15, 0.2) is 0 Å². The third-order valence-corrected chi connectivity index (χ3v) is 7.47. The van der Waals surface area contributed by atoms with E-state index in [0.29, 0.717) is 18.3 Å². The standard InChI is InChI=1S/C27H34N4O2S/c1-20-9-3-5-11-23(20)19-34-16-8-14-28-27(32)22-12-7-15-31(17-22)18-25-29-26(30-33-25)24-13-6-4-10-21(24)2/h3-6,9-11,13,22H,7-8,12,14-19H2,1-2H3,(H,28,32). The maximum atomic E-state index is 12.7. The van der Waals surface area contributed by atoms with Crippen LogP contribution in [-0.2, 0) is 17.1 Å².